The average molecular weight is 372 g/mol. The minimum absolute atomic E-state index is 0.442. The molecule has 0 aliphatic heterocycles. The first-order valence-electron chi connectivity index (χ1n) is 8.53. The smallest absolute Gasteiger partial charge is 0.166 e. The molecule has 5 rings (SSSR count). The number of halogens is 1. The summed E-state index contributed by atoms with van der Waals surface area (Å²) in [5.41, 5.74) is 6.12. The van der Waals surface area contributed by atoms with Crippen LogP contribution in [0.5, 0.6) is 0 Å². The normalized spacial score (nSPS) is 11.3. The van der Waals surface area contributed by atoms with E-state index in [4.69, 9.17) is 11.6 Å². The van der Waals surface area contributed by atoms with Gasteiger partial charge in [0.1, 0.15) is 5.15 Å². The maximum atomic E-state index is 6.52. The second-order valence-electron chi connectivity index (χ2n) is 6.30. The fourth-order valence-electron chi connectivity index (χ4n) is 3.34. The molecule has 5 nitrogen and oxygen atoms in total. The molecule has 0 saturated heterocycles. The maximum absolute atomic E-state index is 6.52. The van der Waals surface area contributed by atoms with E-state index in [-0.39, 0.29) is 0 Å². The maximum Gasteiger partial charge on any atom is 0.166 e. The molecule has 0 aliphatic carbocycles. The number of hydrogen-bond acceptors (Lipinski definition) is 4. The molecule has 0 N–H and O–H groups in total. The van der Waals surface area contributed by atoms with Gasteiger partial charge in [-0.05, 0) is 24.6 Å². The molecule has 0 spiro atoms. The topological polar surface area (TPSA) is 56.0 Å². The zero-order valence-corrected chi connectivity index (χ0v) is 15.2. The summed E-state index contributed by atoms with van der Waals surface area (Å²) in [6.07, 6.45) is 5.38. The molecule has 0 atom stereocenters. The first kappa shape index (κ1) is 15.9. The average Bonchev–Trinajstić information content (AvgIpc) is 3.05. The lowest BCUT2D eigenvalue weighted by Crippen LogP contribution is -1.97. The van der Waals surface area contributed by atoms with E-state index in [0.29, 0.717) is 10.8 Å². The van der Waals surface area contributed by atoms with Crippen LogP contribution in [0.15, 0.2) is 67.1 Å². The Hall–Kier alpha value is -3.31. The molecule has 0 unspecified atom stereocenters. The van der Waals surface area contributed by atoms with Gasteiger partial charge in [-0.15, -0.1) is 0 Å². The summed E-state index contributed by atoms with van der Waals surface area (Å²) < 4.78 is 1.76. The van der Waals surface area contributed by atoms with E-state index in [0.717, 1.165) is 39.0 Å². The lowest BCUT2D eigenvalue weighted by molar-refractivity contribution is 0.939. The van der Waals surface area contributed by atoms with E-state index in [2.05, 4.69) is 20.1 Å². The molecular weight excluding hydrogens is 358 g/mol. The molecule has 130 valence electrons. The summed E-state index contributed by atoms with van der Waals surface area (Å²) in [6, 6.07) is 15.9. The predicted molar refractivity (Wildman–Crippen MR) is 107 cm³/mol. The first-order chi connectivity index (χ1) is 13.2. The fourth-order valence-corrected chi connectivity index (χ4v) is 3.59. The molecule has 4 aromatic heterocycles. The van der Waals surface area contributed by atoms with Crippen molar-refractivity contribution in [1.29, 1.82) is 0 Å². The second kappa shape index (κ2) is 6.14. The highest BCUT2D eigenvalue weighted by atomic mass is 35.5. The van der Waals surface area contributed by atoms with Crippen molar-refractivity contribution < 1.29 is 0 Å². The van der Waals surface area contributed by atoms with Gasteiger partial charge in [0.15, 0.2) is 11.3 Å². The van der Waals surface area contributed by atoms with Crippen LogP contribution in [0.1, 0.15) is 5.69 Å². The lowest BCUT2D eigenvalue weighted by Gasteiger charge is -2.07. The number of fused-ring (bicyclic) bond motifs is 3. The Balaban J connectivity index is 1.78. The Kier molecular flexibility index (Phi) is 3.62. The van der Waals surface area contributed by atoms with Gasteiger partial charge in [0.05, 0.1) is 11.3 Å². The molecule has 1 aromatic carbocycles. The van der Waals surface area contributed by atoms with Crippen LogP contribution in [-0.2, 0) is 0 Å². The Morgan fingerprint density at radius 3 is 2.52 bits per heavy atom. The van der Waals surface area contributed by atoms with Crippen LogP contribution in [0.2, 0.25) is 5.15 Å². The monoisotopic (exact) mass is 371 g/mol. The van der Waals surface area contributed by atoms with Gasteiger partial charge in [-0.3, -0.25) is 4.98 Å². The molecule has 4 heterocycles. The third-order valence-electron chi connectivity index (χ3n) is 4.58. The summed E-state index contributed by atoms with van der Waals surface area (Å²) in [6.45, 7) is 1.96. The van der Waals surface area contributed by atoms with Gasteiger partial charge in [-0.1, -0.05) is 48.0 Å². The van der Waals surface area contributed by atoms with Crippen molar-refractivity contribution in [3.05, 3.63) is 78.0 Å². The van der Waals surface area contributed by atoms with Crippen molar-refractivity contribution >= 4 is 28.3 Å². The molecule has 0 aliphatic rings. The van der Waals surface area contributed by atoms with Crippen LogP contribution in [0.3, 0.4) is 0 Å². The highest BCUT2D eigenvalue weighted by Crippen LogP contribution is 2.32. The Labute approximate surface area is 160 Å². The van der Waals surface area contributed by atoms with Gasteiger partial charge in [0.2, 0.25) is 0 Å². The predicted octanol–water partition coefficient (Wildman–Crippen LogP) is 4.97. The number of aryl methyl sites for hydroxylation is 1. The number of nitrogens with zero attached hydrogens (tertiary/aromatic N) is 5. The molecule has 6 heteroatoms. The van der Waals surface area contributed by atoms with Gasteiger partial charge >= 0.3 is 0 Å². The van der Waals surface area contributed by atoms with Crippen molar-refractivity contribution in [3.8, 4) is 22.3 Å². The van der Waals surface area contributed by atoms with Crippen LogP contribution in [-0.4, -0.2) is 24.6 Å². The van der Waals surface area contributed by atoms with Crippen LogP contribution >= 0.6 is 11.6 Å². The van der Waals surface area contributed by atoms with Gasteiger partial charge in [-0.2, -0.15) is 9.61 Å². The molecule has 0 amide bonds. The van der Waals surface area contributed by atoms with Crippen molar-refractivity contribution in [2.45, 2.75) is 6.92 Å². The van der Waals surface area contributed by atoms with Gasteiger partial charge in [0, 0.05) is 35.1 Å². The highest BCUT2D eigenvalue weighted by Gasteiger charge is 2.17. The SMILES string of the molecule is Cc1nn2c(ncc3cc(-c4ccccc4)c(Cl)nc32)c1-c1cccnc1. The van der Waals surface area contributed by atoms with E-state index in [9.17, 15) is 0 Å². The van der Waals surface area contributed by atoms with Crippen molar-refractivity contribution in [2.75, 3.05) is 0 Å². The summed E-state index contributed by atoms with van der Waals surface area (Å²) >= 11 is 6.52. The van der Waals surface area contributed by atoms with Crippen molar-refractivity contribution in [2.24, 2.45) is 0 Å². The van der Waals surface area contributed by atoms with Gasteiger partial charge < -0.3 is 0 Å². The molecule has 5 aromatic rings. The molecule has 0 bridgehead atoms. The quantitative estimate of drug-likeness (QED) is 0.411. The molecule has 27 heavy (non-hydrogen) atoms. The molecule has 0 radical (unpaired) electrons. The Bertz CT molecular complexity index is 1280. The summed E-state index contributed by atoms with van der Waals surface area (Å²) in [4.78, 5) is 13.5. The number of aromatic nitrogens is 5. The highest BCUT2D eigenvalue weighted by molar-refractivity contribution is 6.32. The summed E-state index contributed by atoms with van der Waals surface area (Å²) in [5, 5.41) is 5.99. The molecule has 0 saturated carbocycles. The fraction of sp³-hybridized carbons (Fsp3) is 0.0476. The van der Waals surface area contributed by atoms with Crippen LogP contribution in [0.25, 0.3) is 38.9 Å². The zero-order chi connectivity index (χ0) is 18.4. The summed E-state index contributed by atoms with van der Waals surface area (Å²) in [7, 11) is 0. The number of pyridine rings is 2. The summed E-state index contributed by atoms with van der Waals surface area (Å²) in [5.74, 6) is 0. The first-order valence-corrected chi connectivity index (χ1v) is 8.90. The van der Waals surface area contributed by atoms with Gasteiger partial charge in [0.25, 0.3) is 0 Å². The van der Waals surface area contributed by atoms with Crippen LogP contribution in [0.4, 0.5) is 0 Å². The van der Waals surface area contributed by atoms with E-state index in [1.807, 2.05) is 67.8 Å². The minimum Gasteiger partial charge on any atom is -0.264 e. The molecular formula is C21H14ClN5. The number of benzene rings is 1. The largest absolute Gasteiger partial charge is 0.264 e. The zero-order valence-electron chi connectivity index (χ0n) is 14.5. The third-order valence-corrected chi connectivity index (χ3v) is 4.87. The number of rotatable bonds is 2. The second-order valence-corrected chi connectivity index (χ2v) is 6.66. The van der Waals surface area contributed by atoms with E-state index in [1.54, 1.807) is 10.7 Å². The lowest BCUT2D eigenvalue weighted by atomic mass is 10.1. The standard InChI is InChI=1S/C21H14ClN5/c1-13-18(15-8-5-9-23-11-15)21-24-12-16-10-17(14-6-3-2-4-7-14)19(22)25-20(16)27(21)26-13/h2-12H,1H3. The number of hydrogen-bond donors (Lipinski definition) is 0. The van der Waals surface area contributed by atoms with Crippen LogP contribution in [0, 0.1) is 6.92 Å². The van der Waals surface area contributed by atoms with Crippen LogP contribution < -0.4 is 0 Å². The Morgan fingerprint density at radius 2 is 1.74 bits per heavy atom. The molecule has 0 fully saturated rings. The van der Waals surface area contributed by atoms with Crippen molar-refractivity contribution in [1.82, 2.24) is 24.6 Å². The van der Waals surface area contributed by atoms with E-state index >= 15 is 0 Å². The third kappa shape index (κ3) is 2.55. The minimum atomic E-state index is 0.442. The Morgan fingerprint density at radius 1 is 0.926 bits per heavy atom. The van der Waals surface area contributed by atoms with E-state index in [1.165, 1.54) is 0 Å². The van der Waals surface area contributed by atoms with Gasteiger partial charge in [-0.25, -0.2) is 9.97 Å². The van der Waals surface area contributed by atoms with Crippen molar-refractivity contribution in [3.63, 3.8) is 0 Å². The van der Waals surface area contributed by atoms with E-state index < -0.39 is 0 Å².